The zero-order valence-electron chi connectivity index (χ0n) is 9.42. The van der Waals surface area contributed by atoms with Crippen LogP contribution < -0.4 is 0 Å². The first-order valence-corrected chi connectivity index (χ1v) is 6.73. The van der Waals surface area contributed by atoms with Gasteiger partial charge in [-0.2, -0.15) is 0 Å². The Hall–Kier alpha value is -0.800. The summed E-state index contributed by atoms with van der Waals surface area (Å²) in [5.41, 5.74) is 0.956. The average Bonchev–Trinajstić information content (AvgIpc) is 2.31. The fourth-order valence-electron chi connectivity index (χ4n) is 1.71. The van der Waals surface area contributed by atoms with Crippen LogP contribution in [0.15, 0.2) is 24.3 Å². The maximum Gasteiger partial charge on any atom is 0.137 e. The van der Waals surface area contributed by atoms with Gasteiger partial charge in [-0.25, -0.2) is 0 Å². The molecule has 0 aromatic heterocycles. The van der Waals surface area contributed by atoms with Crippen LogP contribution in [0, 0.1) is 0 Å². The first-order chi connectivity index (χ1) is 8.88. The summed E-state index contributed by atoms with van der Waals surface area (Å²) in [6, 6.07) is 6.01. The van der Waals surface area contributed by atoms with Crippen LogP contribution >= 0.6 is 46.4 Å². The van der Waals surface area contributed by atoms with Gasteiger partial charge in [-0.3, -0.25) is 0 Å². The zero-order valence-corrected chi connectivity index (χ0v) is 12.4. The molecule has 0 saturated carbocycles. The Morgan fingerprint density at radius 2 is 1.05 bits per heavy atom. The molecule has 0 unspecified atom stereocenters. The highest BCUT2D eigenvalue weighted by Gasteiger charge is 2.13. The molecule has 2 aromatic carbocycles. The molecule has 0 atom stereocenters. The SMILES string of the molecule is Oc1c(Cl)cc(Cl)cc1Cc1cc(Cl)cc(Cl)c1O. The van der Waals surface area contributed by atoms with Gasteiger partial charge in [0, 0.05) is 27.6 Å². The van der Waals surface area contributed by atoms with E-state index in [1.165, 1.54) is 12.1 Å². The van der Waals surface area contributed by atoms with Crippen LogP contribution in [-0.2, 0) is 6.42 Å². The topological polar surface area (TPSA) is 40.5 Å². The Kier molecular flexibility index (Phi) is 4.36. The third-order valence-electron chi connectivity index (χ3n) is 2.60. The summed E-state index contributed by atoms with van der Waals surface area (Å²) >= 11 is 23.4. The van der Waals surface area contributed by atoms with E-state index in [1.807, 2.05) is 0 Å². The van der Waals surface area contributed by atoms with Crippen molar-refractivity contribution in [2.24, 2.45) is 0 Å². The van der Waals surface area contributed by atoms with Crippen molar-refractivity contribution in [2.45, 2.75) is 6.42 Å². The third kappa shape index (κ3) is 3.21. The van der Waals surface area contributed by atoms with Gasteiger partial charge in [0.05, 0.1) is 10.0 Å². The molecule has 0 fully saturated rings. The Bertz CT molecular complexity index is 586. The number of hydrogen-bond donors (Lipinski definition) is 2. The minimum atomic E-state index is -0.0819. The van der Waals surface area contributed by atoms with Gasteiger partial charge in [-0.05, 0) is 24.3 Å². The molecule has 0 heterocycles. The summed E-state index contributed by atoms with van der Waals surface area (Å²) in [4.78, 5) is 0. The fourth-order valence-corrected chi connectivity index (χ4v) is 2.78. The molecule has 100 valence electrons. The lowest BCUT2D eigenvalue weighted by Crippen LogP contribution is -1.91. The molecule has 2 aromatic rings. The fraction of sp³-hybridized carbons (Fsp3) is 0.0769. The molecule has 0 aliphatic rings. The third-order valence-corrected chi connectivity index (χ3v) is 3.61. The minimum absolute atomic E-state index is 0.0819. The van der Waals surface area contributed by atoms with E-state index in [1.54, 1.807) is 12.1 Å². The van der Waals surface area contributed by atoms with Gasteiger partial charge in [0.25, 0.3) is 0 Å². The maximum absolute atomic E-state index is 9.87. The molecule has 0 aliphatic carbocycles. The van der Waals surface area contributed by atoms with Gasteiger partial charge >= 0.3 is 0 Å². The van der Waals surface area contributed by atoms with Crippen LogP contribution in [0.4, 0.5) is 0 Å². The van der Waals surface area contributed by atoms with Crippen LogP contribution in [0.1, 0.15) is 11.1 Å². The number of benzene rings is 2. The standard InChI is InChI=1S/C13H8Cl4O2/c14-8-2-6(12(18)10(16)4-8)1-7-3-9(15)5-11(17)13(7)19/h2-5,18-19H,1H2. The number of phenols is 2. The largest absolute Gasteiger partial charge is 0.506 e. The van der Waals surface area contributed by atoms with E-state index >= 15 is 0 Å². The monoisotopic (exact) mass is 336 g/mol. The average molecular weight is 338 g/mol. The molecule has 2 N–H and O–H groups in total. The zero-order chi connectivity index (χ0) is 14.2. The second-order valence-corrected chi connectivity index (χ2v) is 5.65. The van der Waals surface area contributed by atoms with E-state index in [9.17, 15) is 10.2 Å². The molecule has 0 spiro atoms. The van der Waals surface area contributed by atoms with Crippen molar-refractivity contribution in [3.63, 3.8) is 0 Å². The van der Waals surface area contributed by atoms with Crippen molar-refractivity contribution in [3.8, 4) is 11.5 Å². The van der Waals surface area contributed by atoms with Crippen molar-refractivity contribution in [3.05, 3.63) is 55.5 Å². The summed E-state index contributed by atoms with van der Waals surface area (Å²) in [6.07, 6.45) is 0.207. The molecule has 2 nitrogen and oxygen atoms in total. The quantitative estimate of drug-likeness (QED) is 0.780. The highest BCUT2D eigenvalue weighted by Crippen LogP contribution is 2.37. The summed E-state index contributed by atoms with van der Waals surface area (Å²) < 4.78 is 0. The molecule has 2 rings (SSSR count). The van der Waals surface area contributed by atoms with Gasteiger partial charge in [0.15, 0.2) is 0 Å². The van der Waals surface area contributed by atoms with E-state index in [2.05, 4.69) is 0 Å². The normalized spacial score (nSPS) is 10.7. The van der Waals surface area contributed by atoms with Crippen molar-refractivity contribution >= 4 is 46.4 Å². The molecule has 0 aliphatic heterocycles. The van der Waals surface area contributed by atoms with E-state index in [0.29, 0.717) is 21.2 Å². The molecule has 6 heteroatoms. The van der Waals surface area contributed by atoms with Crippen LogP contribution in [0.3, 0.4) is 0 Å². The summed E-state index contributed by atoms with van der Waals surface area (Å²) in [6.45, 7) is 0. The summed E-state index contributed by atoms with van der Waals surface area (Å²) in [5.74, 6) is -0.164. The van der Waals surface area contributed by atoms with E-state index < -0.39 is 0 Å². The second-order valence-electron chi connectivity index (χ2n) is 3.97. The Morgan fingerprint density at radius 1 is 0.684 bits per heavy atom. The van der Waals surface area contributed by atoms with Crippen molar-refractivity contribution in [2.75, 3.05) is 0 Å². The lowest BCUT2D eigenvalue weighted by molar-refractivity contribution is 0.463. The Labute approximate surface area is 130 Å². The number of aromatic hydroxyl groups is 2. The lowest BCUT2D eigenvalue weighted by Gasteiger charge is -2.10. The molecule has 0 amide bonds. The first-order valence-electron chi connectivity index (χ1n) is 5.22. The highest BCUT2D eigenvalue weighted by molar-refractivity contribution is 6.36. The molecular formula is C13H8Cl4O2. The van der Waals surface area contributed by atoms with Crippen molar-refractivity contribution in [1.29, 1.82) is 0 Å². The van der Waals surface area contributed by atoms with Crippen LogP contribution in [0.25, 0.3) is 0 Å². The Morgan fingerprint density at radius 3 is 1.42 bits per heavy atom. The number of halogens is 4. The molecule has 0 saturated heterocycles. The highest BCUT2D eigenvalue weighted by atomic mass is 35.5. The van der Waals surface area contributed by atoms with Gasteiger partial charge in [0.1, 0.15) is 11.5 Å². The lowest BCUT2D eigenvalue weighted by atomic mass is 10.0. The van der Waals surface area contributed by atoms with E-state index in [0.717, 1.165) is 0 Å². The van der Waals surface area contributed by atoms with Gasteiger partial charge in [0.2, 0.25) is 0 Å². The van der Waals surface area contributed by atoms with Crippen molar-refractivity contribution in [1.82, 2.24) is 0 Å². The van der Waals surface area contributed by atoms with Gasteiger partial charge in [-0.15, -0.1) is 0 Å². The number of rotatable bonds is 2. The number of hydrogen-bond acceptors (Lipinski definition) is 2. The predicted octanol–water partition coefficient (Wildman–Crippen LogP) is 5.30. The minimum Gasteiger partial charge on any atom is -0.506 e. The molecular weight excluding hydrogens is 330 g/mol. The van der Waals surface area contributed by atoms with Gasteiger partial charge < -0.3 is 10.2 Å². The van der Waals surface area contributed by atoms with Gasteiger partial charge in [-0.1, -0.05) is 46.4 Å². The maximum atomic E-state index is 9.87. The second kappa shape index (κ2) is 5.68. The van der Waals surface area contributed by atoms with E-state index in [-0.39, 0.29) is 28.0 Å². The summed E-state index contributed by atoms with van der Waals surface area (Å²) in [5, 5.41) is 20.8. The molecule has 0 bridgehead atoms. The first kappa shape index (κ1) is 14.6. The van der Waals surface area contributed by atoms with Crippen LogP contribution in [0.5, 0.6) is 11.5 Å². The molecule has 0 radical (unpaired) electrons. The predicted molar refractivity (Wildman–Crippen MR) is 79.1 cm³/mol. The smallest absolute Gasteiger partial charge is 0.137 e. The Balaban J connectivity index is 2.47. The van der Waals surface area contributed by atoms with Crippen LogP contribution in [-0.4, -0.2) is 10.2 Å². The molecule has 19 heavy (non-hydrogen) atoms. The van der Waals surface area contributed by atoms with Crippen molar-refractivity contribution < 1.29 is 10.2 Å². The van der Waals surface area contributed by atoms with E-state index in [4.69, 9.17) is 46.4 Å². The summed E-state index contributed by atoms with van der Waals surface area (Å²) in [7, 11) is 0. The number of phenolic OH excluding ortho intramolecular Hbond substituents is 2. The van der Waals surface area contributed by atoms with Crippen LogP contribution in [0.2, 0.25) is 20.1 Å².